The van der Waals surface area contributed by atoms with Crippen molar-refractivity contribution in [2.75, 3.05) is 10.0 Å². The van der Waals surface area contributed by atoms with Crippen LogP contribution in [0.1, 0.15) is 20.7 Å². The fraction of sp³-hybridized carbons (Fsp3) is 0. The highest BCUT2D eigenvalue weighted by molar-refractivity contribution is 7.92. The van der Waals surface area contributed by atoms with Crippen molar-refractivity contribution in [3.8, 4) is 0 Å². The summed E-state index contributed by atoms with van der Waals surface area (Å²) >= 11 is 5.80. The highest BCUT2D eigenvalue weighted by Gasteiger charge is 2.19. The number of nitrogens with two attached hydrogens (primary N) is 1. The van der Waals surface area contributed by atoms with E-state index >= 15 is 0 Å². The molecule has 0 heterocycles. The molecule has 0 aliphatic heterocycles. The van der Waals surface area contributed by atoms with Crippen LogP contribution in [0.3, 0.4) is 0 Å². The zero-order valence-corrected chi connectivity index (χ0v) is 16.5. The Bertz CT molecular complexity index is 1180. The van der Waals surface area contributed by atoms with E-state index in [4.69, 9.17) is 17.3 Å². The number of anilines is 2. The quantitative estimate of drug-likeness (QED) is 0.555. The van der Waals surface area contributed by atoms with Crippen LogP contribution >= 0.6 is 11.6 Å². The van der Waals surface area contributed by atoms with Gasteiger partial charge in [-0.05, 0) is 48.5 Å². The molecule has 0 aromatic heterocycles. The van der Waals surface area contributed by atoms with Crippen molar-refractivity contribution < 1.29 is 18.0 Å². The van der Waals surface area contributed by atoms with Crippen molar-refractivity contribution in [3.63, 3.8) is 0 Å². The summed E-state index contributed by atoms with van der Waals surface area (Å²) in [6.07, 6.45) is 0. The minimum Gasteiger partial charge on any atom is -0.366 e. The Hall–Kier alpha value is -3.36. The van der Waals surface area contributed by atoms with Gasteiger partial charge >= 0.3 is 0 Å². The first-order chi connectivity index (χ1) is 13.8. The Morgan fingerprint density at radius 3 is 1.97 bits per heavy atom. The predicted molar refractivity (Wildman–Crippen MR) is 112 cm³/mol. The lowest BCUT2D eigenvalue weighted by molar-refractivity contribution is 0.100. The van der Waals surface area contributed by atoms with Crippen LogP contribution in [-0.2, 0) is 10.0 Å². The van der Waals surface area contributed by atoms with Crippen molar-refractivity contribution in [3.05, 3.63) is 88.9 Å². The van der Waals surface area contributed by atoms with Gasteiger partial charge in [-0.15, -0.1) is 0 Å². The van der Waals surface area contributed by atoms with Gasteiger partial charge in [-0.3, -0.25) is 14.3 Å². The fourth-order valence-electron chi connectivity index (χ4n) is 2.58. The van der Waals surface area contributed by atoms with E-state index in [1.54, 1.807) is 24.3 Å². The number of rotatable bonds is 6. The minimum atomic E-state index is -3.94. The normalized spacial score (nSPS) is 10.9. The van der Waals surface area contributed by atoms with Gasteiger partial charge in [0.25, 0.3) is 21.8 Å². The van der Waals surface area contributed by atoms with Gasteiger partial charge in [0, 0.05) is 5.02 Å². The smallest absolute Gasteiger partial charge is 0.261 e. The molecule has 4 N–H and O–H groups in total. The summed E-state index contributed by atoms with van der Waals surface area (Å²) in [4.78, 5) is 24.3. The SMILES string of the molecule is NC(=O)c1ccccc1NC(=O)c1ccccc1NS(=O)(=O)c1ccc(Cl)cc1. The molecule has 3 aromatic carbocycles. The van der Waals surface area contributed by atoms with E-state index in [0.717, 1.165) is 0 Å². The molecule has 0 fully saturated rings. The second-order valence-corrected chi connectivity index (χ2v) is 8.09. The zero-order valence-electron chi connectivity index (χ0n) is 14.9. The average Bonchev–Trinajstić information content (AvgIpc) is 2.68. The van der Waals surface area contributed by atoms with E-state index in [1.165, 1.54) is 48.5 Å². The van der Waals surface area contributed by atoms with Crippen LogP contribution < -0.4 is 15.8 Å². The molecule has 0 radical (unpaired) electrons. The van der Waals surface area contributed by atoms with E-state index in [-0.39, 0.29) is 27.4 Å². The maximum atomic E-state index is 12.8. The largest absolute Gasteiger partial charge is 0.366 e. The number of nitrogens with one attached hydrogen (secondary N) is 2. The average molecular weight is 430 g/mol. The first-order valence-corrected chi connectivity index (χ1v) is 10.2. The summed E-state index contributed by atoms with van der Waals surface area (Å²) in [5, 5.41) is 2.99. The van der Waals surface area contributed by atoms with Gasteiger partial charge in [0.1, 0.15) is 0 Å². The first-order valence-electron chi connectivity index (χ1n) is 8.35. The van der Waals surface area contributed by atoms with Crippen molar-refractivity contribution in [2.24, 2.45) is 5.73 Å². The summed E-state index contributed by atoms with van der Waals surface area (Å²) in [6.45, 7) is 0. The number of para-hydroxylation sites is 2. The topological polar surface area (TPSA) is 118 Å². The number of sulfonamides is 1. The Balaban J connectivity index is 1.90. The Kier molecular flexibility index (Phi) is 5.86. The maximum absolute atomic E-state index is 12.8. The highest BCUT2D eigenvalue weighted by atomic mass is 35.5. The summed E-state index contributed by atoms with van der Waals surface area (Å²) in [5.74, 6) is -1.30. The molecule has 29 heavy (non-hydrogen) atoms. The lowest BCUT2D eigenvalue weighted by Crippen LogP contribution is -2.20. The number of benzene rings is 3. The van der Waals surface area contributed by atoms with Crippen LogP contribution in [0, 0.1) is 0 Å². The summed E-state index contributed by atoms with van der Waals surface area (Å²) < 4.78 is 27.7. The number of primary amides is 1. The molecule has 3 aromatic rings. The summed E-state index contributed by atoms with van der Waals surface area (Å²) in [7, 11) is -3.94. The molecular weight excluding hydrogens is 414 g/mol. The Morgan fingerprint density at radius 1 is 0.793 bits per heavy atom. The van der Waals surface area contributed by atoms with Crippen LogP contribution in [0.25, 0.3) is 0 Å². The monoisotopic (exact) mass is 429 g/mol. The van der Waals surface area contributed by atoms with E-state index in [1.807, 2.05) is 0 Å². The molecule has 3 rings (SSSR count). The van der Waals surface area contributed by atoms with Gasteiger partial charge < -0.3 is 11.1 Å². The zero-order chi connectivity index (χ0) is 21.0. The molecule has 0 spiro atoms. The number of carbonyl (C=O) groups excluding carboxylic acids is 2. The molecule has 0 saturated carbocycles. The molecule has 0 aliphatic rings. The van der Waals surface area contributed by atoms with Crippen LogP contribution in [0.2, 0.25) is 5.02 Å². The van der Waals surface area contributed by atoms with Gasteiger partial charge in [-0.2, -0.15) is 0 Å². The second kappa shape index (κ2) is 8.34. The highest BCUT2D eigenvalue weighted by Crippen LogP contribution is 2.23. The molecule has 0 saturated heterocycles. The van der Waals surface area contributed by atoms with Gasteiger partial charge in [-0.1, -0.05) is 35.9 Å². The minimum absolute atomic E-state index is 0.00353. The summed E-state index contributed by atoms with van der Waals surface area (Å²) in [5.41, 5.74) is 5.84. The van der Waals surface area contributed by atoms with Gasteiger partial charge in [0.2, 0.25) is 0 Å². The number of hydrogen-bond acceptors (Lipinski definition) is 4. The third-order valence-electron chi connectivity index (χ3n) is 3.98. The molecule has 2 amide bonds. The van der Waals surface area contributed by atoms with Crippen LogP contribution in [0.15, 0.2) is 77.7 Å². The molecule has 0 unspecified atom stereocenters. The van der Waals surface area contributed by atoms with Crippen LogP contribution in [0.4, 0.5) is 11.4 Å². The molecule has 0 atom stereocenters. The standard InChI is InChI=1S/C20H16ClN3O4S/c21-13-9-11-14(12-10-13)29(27,28)24-18-8-4-2-6-16(18)20(26)23-17-7-3-1-5-15(17)19(22)25/h1-12,24H,(H2,22,25)(H,23,26). The molecule has 7 nitrogen and oxygen atoms in total. The van der Waals surface area contributed by atoms with E-state index < -0.39 is 21.8 Å². The van der Waals surface area contributed by atoms with E-state index in [0.29, 0.717) is 5.02 Å². The number of halogens is 1. The maximum Gasteiger partial charge on any atom is 0.261 e. The molecule has 9 heteroatoms. The van der Waals surface area contributed by atoms with Gasteiger partial charge in [0.05, 0.1) is 27.4 Å². The van der Waals surface area contributed by atoms with Crippen LogP contribution in [0.5, 0.6) is 0 Å². The van der Waals surface area contributed by atoms with Gasteiger partial charge in [0.15, 0.2) is 0 Å². The van der Waals surface area contributed by atoms with Crippen molar-refractivity contribution in [1.29, 1.82) is 0 Å². The van der Waals surface area contributed by atoms with Gasteiger partial charge in [-0.25, -0.2) is 8.42 Å². The van der Waals surface area contributed by atoms with Crippen LogP contribution in [-0.4, -0.2) is 20.2 Å². The molecular formula is C20H16ClN3O4S. The fourth-order valence-corrected chi connectivity index (χ4v) is 3.79. The lowest BCUT2D eigenvalue weighted by atomic mass is 10.1. The molecule has 0 bridgehead atoms. The van der Waals surface area contributed by atoms with Crippen molar-refractivity contribution in [2.45, 2.75) is 4.90 Å². The number of hydrogen-bond donors (Lipinski definition) is 3. The van der Waals surface area contributed by atoms with Crippen molar-refractivity contribution >= 4 is 44.8 Å². The predicted octanol–water partition coefficient (Wildman–Crippen LogP) is 3.49. The molecule has 148 valence electrons. The third-order valence-corrected chi connectivity index (χ3v) is 5.61. The number of carbonyl (C=O) groups is 2. The van der Waals surface area contributed by atoms with Crippen molar-refractivity contribution in [1.82, 2.24) is 0 Å². The third kappa shape index (κ3) is 4.74. The first kappa shape index (κ1) is 20.4. The Labute approximate surface area is 172 Å². The summed E-state index contributed by atoms with van der Waals surface area (Å²) in [6, 6.07) is 18.0. The molecule has 0 aliphatic carbocycles. The lowest BCUT2D eigenvalue weighted by Gasteiger charge is -2.14. The van der Waals surface area contributed by atoms with E-state index in [9.17, 15) is 18.0 Å². The van der Waals surface area contributed by atoms with E-state index in [2.05, 4.69) is 10.0 Å². The number of amides is 2. The Morgan fingerprint density at radius 2 is 1.34 bits per heavy atom. The second-order valence-electron chi connectivity index (χ2n) is 5.97.